The van der Waals surface area contributed by atoms with Gasteiger partial charge in [0.25, 0.3) is 0 Å². The molecule has 1 fully saturated rings. The van der Waals surface area contributed by atoms with Crippen LogP contribution in [0.15, 0.2) is 24.3 Å². The van der Waals surface area contributed by atoms with E-state index in [1.54, 1.807) is 7.11 Å². The van der Waals surface area contributed by atoms with Crippen molar-refractivity contribution in [2.24, 2.45) is 0 Å². The molecule has 1 aromatic rings. The highest BCUT2D eigenvalue weighted by Crippen LogP contribution is 2.26. The van der Waals surface area contributed by atoms with Crippen molar-refractivity contribution in [1.82, 2.24) is 0 Å². The molecule has 1 aliphatic heterocycles. The van der Waals surface area contributed by atoms with Crippen molar-refractivity contribution in [2.75, 3.05) is 20.3 Å². The Morgan fingerprint density at radius 2 is 2.27 bits per heavy atom. The highest BCUT2D eigenvalue weighted by Gasteiger charge is 2.39. The molecule has 1 unspecified atom stereocenters. The monoisotopic (exact) mass is 208 g/mol. The summed E-state index contributed by atoms with van der Waals surface area (Å²) in [6.45, 7) is 4.13. The second-order valence-electron chi connectivity index (χ2n) is 4.08. The highest BCUT2D eigenvalue weighted by atomic mass is 16.6. The summed E-state index contributed by atoms with van der Waals surface area (Å²) in [6.07, 6.45) is 0. The first kappa shape index (κ1) is 10.5. The summed E-state index contributed by atoms with van der Waals surface area (Å²) in [4.78, 5) is 0. The Morgan fingerprint density at radius 1 is 1.47 bits per heavy atom. The van der Waals surface area contributed by atoms with Gasteiger partial charge in [0.15, 0.2) is 0 Å². The van der Waals surface area contributed by atoms with Crippen molar-refractivity contribution in [1.29, 1.82) is 0 Å². The van der Waals surface area contributed by atoms with Crippen LogP contribution in [0.1, 0.15) is 12.5 Å². The zero-order chi connectivity index (χ0) is 10.7. The van der Waals surface area contributed by atoms with E-state index in [1.807, 2.05) is 24.3 Å². The number of rotatable bonds is 5. The Morgan fingerprint density at radius 3 is 2.93 bits per heavy atom. The summed E-state index contributed by atoms with van der Waals surface area (Å²) in [5.41, 5.74) is 1.09. The number of hydrogen-bond acceptors (Lipinski definition) is 3. The molecule has 1 aliphatic rings. The first-order valence-electron chi connectivity index (χ1n) is 5.06. The summed E-state index contributed by atoms with van der Waals surface area (Å²) in [7, 11) is 1.67. The molecule has 0 aliphatic carbocycles. The smallest absolute Gasteiger partial charge is 0.119 e. The van der Waals surface area contributed by atoms with Crippen LogP contribution in [0.3, 0.4) is 0 Å². The first-order chi connectivity index (χ1) is 7.22. The van der Waals surface area contributed by atoms with Crippen LogP contribution in [0.5, 0.6) is 5.75 Å². The fourth-order valence-electron chi connectivity index (χ4n) is 1.35. The van der Waals surface area contributed by atoms with E-state index in [4.69, 9.17) is 14.2 Å². The minimum Gasteiger partial charge on any atom is -0.497 e. The molecule has 1 saturated heterocycles. The number of epoxide rings is 1. The van der Waals surface area contributed by atoms with Gasteiger partial charge < -0.3 is 14.2 Å². The lowest BCUT2D eigenvalue weighted by Crippen LogP contribution is -2.14. The number of hydrogen-bond donors (Lipinski definition) is 0. The molecule has 3 nitrogen and oxygen atoms in total. The molecule has 82 valence electrons. The van der Waals surface area contributed by atoms with Gasteiger partial charge in [0.05, 0.1) is 26.9 Å². The first-order valence-corrected chi connectivity index (χ1v) is 5.06. The van der Waals surface area contributed by atoms with Gasteiger partial charge in [-0.25, -0.2) is 0 Å². The topological polar surface area (TPSA) is 31.0 Å². The zero-order valence-electron chi connectivity index (χ0n) is 9.16. The molecule has 1 aromatic carbocycles. The Bertz CT molecular complexity index is 331. The van der Waals surface area contributed by atoms with Crippen LogP contribution in [0.4, 0.5) is 0 Å². The summed E-state index contributed by atoms with van der Waals surface area (Å²) in [6, 6.07) is 7.90. The minimum atomic E-state index is -0.0289. The van der Waals surface area contributed by atoms with Crippen LogP contribution in [0, 0.1) is 0 Å². The Labute approximate surface area is 90.0 Å². The Balaban J connectivity index is 1.82. The van der Waals surface area contributed by atoms with Gasteiger partial charge in [-0.1, -0.05) is 12.1 Å². The van der Waals surface area contributed by atoms with Gasteiger partial charge in [-0.15, -0.1) is 0 Å². The molecule has 15 heavy (non-hydrogen) atoms. The van der Waals surface area contributed by atoms with Crippen LogP contribution in [-0.2, 0) is 16.1 Å². The van der Waals surface area contributed by atoms with Crippen LogP contribution in [0.25, 0.3) is 0 Å². The molecule has 0 spiro atoms. The fraction of sp³-hybridized carbons (Fsp3) is 0.500. The van der Waals surface area contributed by atoms with E-state index in [0.29, 0.717) is 13.2 Å². The fourth-order valence-corrected chi connectivity index (χ4v) is 1.35. The van der Waals surface area contributed by atoms with Gasteiger partial charge in [-0.3, -0.25) is 0 Å². The lowest BCUT2D eigenvalue weighted by atomic mass is 10.2. The quantitative estimate of drug-likeness (QED) is 0.693. The van der Waals surface area contributed by atoms with Crippen molar-refractivity contribution in [3.63, 3.8) is 0 Å². The molecule has 0 amide bonds. The standard InChI is InChI=1S/C12H16O3/c1-12(9-15-12)8-14-7-10-4-3-5-11(6-10)13-2/h3-6H,7-9H2,1-2H3. The third kappa shape index (κ3) is 2.94. The van der Waals surface area contributed by atoms with E-state index in [9.17, 15) is 0 Å². The van der Waals surface area contributed by atoms with Gasteiger partial charge in [0, 0.05) is 0 Å². The normalized spacial score (nSPS) is 23.9. The third-order valence-electron chi connectivity index (χ3n) is 2.45. The second-order valence-corrected chi connectivity index (χ2v) is 4.08. The molecule has 2 rings (SSSR count). The van der Waals surface area contributed by atoms with E-state index < -0.39 is 0 Å². The predicted octanol–water partition coefficient (Wildman–Crippen LogP) is 2.00. The Kier molecular flexibility index (Phi) is 2.93. The SMILES string of the molecule is COc1cccc(COCC2(C)CO2)c1. The van der Waals surface area contributed by atoms with Crippen molar-refractivity contribution in [2.45, 2.75) is 19.1 Å². The number of benzene rings is 1. The van der Waals surface area contributed by atoms with Crippen molar-refractivity contribution in [3.8, 4) is 5.75 Å². The van der Waals surface area contributed by atoms with E-state index in [1.165, 1.54) is 0 Å². The zero-order valence-corrected chi connectivity index (χ0v) is 9.16. The molecular formula is C12H16O3. The lowest BCUT2D eigenvalue weighted by Gasteiger charge is -2.08. The van der Waals surface area contributed by atoms with Crippen molar-refractivity contribution in [3.05, 3.63) is 29.8 Å². The van der Waals surface area contributed by atoms with Gasteiger partial charge in [0.2, 0.25) is 0 Å². The van der Waals surface area contributed by atoms with Crippen LogP contribution in [-0.4, -0.2) is 25.9 Å². The van der Waals surface area contributed by atoms with Gasteiger partial charge in [0.1, 0.15) is 11.4 Å². The lowest BCUT2D eigenvalue weighted by molar-refractivity contribution is 0.0741. The molecule has 1 atom stereocenters. The van der Waals surface area contributed by atoms with Crippen LogP contribution in [0.2, 0.25) is 0 Å². The number of ether oxygens (including phenoxy) is 3. The summed E-state index contributed by atoms with van der Waals surface area (Å²) >= 11 is 0. The minimum absolute atomic E-state index is 0.0289. The van der Waals surface area contributed by atoms with Crippen LogP contribution < -0.4 is 4.74 Å². The molecule has 0 radical (unpaired) electrons. The average Bonchev–Trinajstić information content (AvgIpc) is 2.97. The van der Waals surface area contributed by atoms with Gasteiger partial charge >= 0.3 is 0 Å². The van der Waals surface area contributed by atoms with Gasteiger partial charge in [-0.2, -0.15) is 0 Å². The van der Waals surface area contributed by atoms with Crippen LogP contribution >= 0.6 is 0 Å². The number of methoxy groups -OCH3 is 1. The van der Waals surface area contributed by atoms with Gasteiger partial charge in [-0.05, 0) is 24.6 Å². The maximum atomic E-state index is 5.57. The average molecular weight is 208 g/mol. The molecule has 0 saturated carbocycles. The largest absolute Gasteiger partial charge is 0.497 e. The summed E-state index contributed by atoms with van der Waals surface area (Å²) in [5, 5.41) is 0. The summed E-state index contributed by atoms with van der Waals surface area (Å²) < 4.78 is 15.9. The maximum absolute atomic E-state index is 5.57. The Hall–Kier alpha value is -1.06. The highest BCUT2D eigenvalue weighted by molar-refractivity contribution is 5.27. The van der Waals surface area contributed by atoms with Crippen molar-refractivity contribution >= 4 is 0 Å². The molecule has 0 N–H and O–H groups in total. The molecule has 0 aromatic heterocycles. The molecule has 1 heterocycles. The van der Waals surface area contributed by atoms with E-state index >= 15 is 0 Å². The van der Waals surface area contributed by atoms with Crippen molar-refractivity contribution < 1.29 is 14.2 Å². The summed E-state index contributed by atoms with van der Waals surface area (Å²) in [5.74, 6) is 0.866. The van der Waals surface area contributed by atoms with E-state index in [0.717, 1.165) is 17.9 Å². The second kappa shape index (κ2) is 4.21. The molecular weight excluding hydrogens is 192 g/mol. The van der Waals surface area contributed by atoms with E-state index in [-0.39, 0.29) is 5.60 Å². The van der Waals surface area contributed by atoms with E-state index in [2.05, 4.69) is 6.92 Å². The molecule has 0 bridgehead atoms. The molecule has 3 heteroatoms. The predicted molar refractivity (Wildman–Crippen MR) is 57.0 cm³/mol. The maximum Gasteiger partial charge on any atom is 0.119 e. The third-order valence-corrected chi connectivity index (χ3v) is 2.45.